The molecule has 1 N–H and O–H groups in total. The number of esters is 1. The third-order valence-electron chi connectivity index (χ3n) is 4.21. The molecule has 2 aromatic heterocycles. The van der Waals surface area contributed by atoms with E-state index in [2.05, 4.69) is 10.4 Å². The number of aromatic nitrogens is 2. The van der Waals surface area contributed by atoms with Crippen LogP contribution in [0.1, 0.15) is 16.3 Å². The monoisotopic (exact) mass is 417 g/mol. The number of benzene rings is 2. The summed E-state index contributed by atoms with van der Waals surface area (Å²) in [6, 6.07) is 21.2. The zero-order chi connectivity index (χ0) is 21.5. The lowest BCUT2D eigenvalue weighted by Gasteiger charge is -2.12. The van der Waals surface area contributed by atoms with Gasteiger partial charge < -0.3 is 19.2 Å². The van der Waals surface area contributed by atoms with Crippen LogP contribution in [-0.2, 0) is 16.1 Å². The molecule has 4 aromatic rings. The maximum Gasteiger partial charge on any atom is 0.374 e. The molecular formula is C23H19N3O5. The van der Waals surface area contributed by atoms with E-state index in [1.54, 1.807) is 53.5 Å². The summed E-state index contributed by atoms with van der Waals surface area (Å²) in [4.78, 5) is 24.5. The van der Waals surface area contributed by atoms with Gasteiger partial charge in [0, 0.05) is 12.4 Å². The van der Waals surface area contributed by atoms with Crippen LogP contribution < -0.4 is 10.1 Å². The second kappa shape index (κ2) is 9.45. The Balaban J connectivity index is 1.31. The van der Waals surface area contributed by atoms with Gasteiger partial charge in [0.2, 0.25) is 5.76 Å². The molecule has 4 rings (SSSR count). The highest BCUT2D eigenvalue weighted by Crippen LogP contribution is 2.29. The lowest BCUT2D eigenvalue weighted by atomic mass is 10.3. The molecule has 156 valence electrons. The lowest BCUT2D eigenvalue weighted by Crippen LogP contribution is -2.21. The molecule has 8 heteroatoms. The number of nitrogens with one attached hydrogen (secondary N) is 1. The lowest BCUT2D eigenvalue weighted by molar-refractivity contribution is -0.119. The molecule has 0 saturated carbocycles. The van der Waals surface area contributed by atoms with Crippen molar-refractivity contribution < 1.29 is 23.5 Å². The molecule has 31 heavy (non-hydrogen) atoms. The first-order valence-electron chi connectivity index (χ1n) is 9.52. The van der Waals surface area contributed by atoms with Gasteiger partial charge in [-0.15, -0.1) is 0 Å². The number of hydrogen-bond donors (Lipinski definition) is 1. The predicted octanol–water partition coefficient (Wildman–Crippen LogP) is 4.11. The number of nitrogens with zero attached hydrogens (tertiary/aromatic N) is 2. The van der Waals surface area contributed by atoms with E-state index in [0.717, 1.165) is 0 Å². The summed E-state index contributed by atoms with van der Waals surface area (Å²) in [6.45, 7) is -0.0767. The van der Waals surface area contributed by atoms with Crippen molar-refractivity contribution in [2.45, 2.75) is 6.54 Å². The molecule has 2 heterocycles. The molecule has 2 aromatic carbocycles. The number of hydrogen-bond acceptors (Lipinski definition) is 6. The van der Waals surface area contributed by atoms with Gasteiger partial charge in [-0.3, -0.25) is 9.48 Å². The van der Waals surface area contributed by atoms with E-state index < -0.39 is 18.5 Å². The summed E-state index contributed by atoms with van der Waals surface area (Å²) in [5.74, 6) is 0.452. The normalized spacial score (nSPS) is 10.5. The summed E-state index contributed by atoms with van der Waals surface area (Å²) >= 11 is 0. The quantitative estimate of drug-likeness (QED) is 0.434. The SMILES string of the molecule is O=C(COC(=O)c1ccc(Cn2cccn2)o1)Nc1ccccc1Oc1ccccc1. The summed E-state index contributed by atoms with van der Waals surface area (Å²) in [7, 11) is 0. The Labute approximate surface area is 178 Å². The van der Waals surface area contributed by atoms with Gasteiger partial charge in [-0.25, -0.2) is 4.79 Å². The molecule has 0 fully saturated rings. The van der Waals surface area contributed by atoms with Crippen molar-refractivity contribution in [1.29, 1.82) is 0 Å². The maximum atomic E-state index is 12.3. The Kier molecular flexibility index (Phi) is 6.08. The van der Waals surface area contributed by atoms with E-state index in [4.69, 9.17) is 13.9 Å². The number of anilines is 1. The van der Waals surface area contributed by atoms with Crippen LogP contribution in [-0.4, -0.2) is 28.3 Å². The van der Waals surface area contributed by atoms with Crippen LogP contribution in [0.25, 0.3) is 0 Å². The molecule has 0 unspecified atom stereocenters. The Morgan fingerprint density at radius 1 is 0.968 bits per heavy atom. The average molecular weight is 417 g/mol. The Morgan fingerprint density at radius 3 is 2.58 bits per heavy atom. The number of ether oxygens (including phenoxy) is 2. The van der Waals surface area contributed by atoms with Crippen molar-refractivity contribution in [3.05, 3.63) is 96.7 Å². The van der Waals surface area contributed by atoms with E-state index in [1.807, 2.05) is 30.3 Å². The maximum absolute atomic E-state index is 12.3. The van der Waals surface area contributed by atoms with Gasteiger partial charge in [0.1, 0.15) is 11.5 Å². The molecule has 1 amide bonds. The third kappa shape index (κ3) is 5.39. The number of rotatable bonds is 8. The number of carbonyl (C=O) groups is 2. The smallest absolute Gasteiger partial charge is 0.374 e. The molecule has 0 aliphatic rings. The van der Waals surface area contributed by atoms with Gasteiger partial charge in [0.15, 0.2) is 12.4 Å². The Bertz CT molecular complexity index is 1150. The fourth-order valence-corrected chi connectivity index (χ4v) is 2.79. The second-order valence-electron chi connectivity index (χ2n) is 6.51. The van der Waals surface area contributed by atoms with Crippen molar-refractivity contribution in [1.82, 2.24) is 9.78 Å². The number of amides is 1. The van der Waals surface area contributed by atoms with Crippen LogP contribution in [0.3, 0.4) is 0 Å². The second-order valence-corrected chi connectivity index (χ2v) is 6.51. The van der Waals surface area contributed by atoms with E-state index >= 15 is 0 Å². The number of carbonyl (C=O) groups excluding carboxylic acids is 2. The largest absolute Gasteiger partial charge is 0.455 e. The highest BCUT2D eigenvalue weighted by Gasteiger charge is 2.16. The molecule has 8 nitrogen and oxygen atoms in total. The summed E-state index contributed by atoms with van der Waals surface area (Å²) in [5.41, 5.74) is 0.465. The number of para-hydroxylation sites is 3. The minimum absolute atomic E-state index is 0.0165. The van der Waals surface area contributed by atoms with Crippen LogP contribution >= 0.6 is 0 Å². The summed E-state index contributed by atoms with van der Waals surface area (Å²) in [6.07, 6.45) is 3.43. The van der Waals surface area contributed by atoms with Crippen LogP contribution in [0.15, 0.2) is 89.6 Å². The predicted molar refractivity (Wildman–Crippen MR) is 112 cm³/mol. The highest BCUT2D eigenvalue weighted by atomic mass is 16.5. The zero-order valence-electron chi connectivity index (χ0n) is 16.4. The van der Waals surface area contributed by atoms with Gasteiger partial charge in [-0.1, -0.05) is 30.3 Å². The van der Waals surface area contributed by atoms with Gasteiger partial charge in [0.05, 0.1) is 12.2 Å². The summed E-state index contributed by atoms with van der Waals surface area (Å²) < 4.78 is 18.0. The molecule has 0 aliphatic heterocycles. The summed E-state index contributed by atoms with van der Waals surface area (Å²) in [5, 5.41) is 6.76. The molecule has 0 atom stereocenters. The van der Waals surface area contributed by atoms with Crippen molar-refractivity contribution in [2.75, 3.05) is 11.9 Å². The molecule has 0 spiro atoms. The third-order valence-corrected chi connectivity index (χ3v) is 4.21. The van der Waals surface area contributed by atoms with Gasteiger partial charge in [-0.2, -0.15) is 5.10 Å². The van der Waals surface area contributed by atoms with Gasteiger partial charge in [-0.05, 0) is 42.5 Å². The molecule has 0 saturated heterocycles. The van der Waals surface area contributed by atoms with E-state index in [0.29, 0.717) is 29.5 Å². The highest BCUT2D eigenvalue weighted by molar-refractivity contribution is 5.95. The first-order valence-corrected chi connectivity index (χ1v) is 9.52. The minimum atomic E-state index is -0.726. The van der Waals surface area contributed by atoms with Crippen molar-refractivity contribution in [3.63, 3.8) is 0 Å². The standard InChI is InChI=1S/C23H19N3O5/c27-22(25-19-9-4-5-10-20(19)30-17-7-2-1-3-8-17)16-29-23(28)21-12-11-18(31-21)15-26-14-6-13-24-26/h1-14H,15-16H2,(H,25,27). The van der Waals surface area contributed by atoms with Gasteiger partial charge >= 0.3 is 5.97 Å². The van der Waals surface area contributed by atoms with Crippen molar-refractivity contribution in [3.8, 4) is 11.5 Å². The topological polar surface area (TPSA) is 95.6 Å². The molecule has 0 aliphatic carbocycles. The first-order chi connectivity index (χ1) is 15.2. The minimum Gasteiger partial charge on any atom is -0.455 e. The fraction of sp³-hybridized carbons (Fsp3) is 0.0870. The van der Waals surface area contributed by atoms with Crippen molar-refractivity contribution >= 4 is 17.6 Å². The van der Waals surface area contributed by atoms with Gasteiger partial charge in [0.25, 0.3) is 5.91 Å². The Morgan fingerprint density at radius 2 is 1.77 bits per heavy atom. The average Bonchev–Trinajstić information content (AvgIpc) is 3.47. The molecule has 0 radical (unpaired) electrons. The van der Waals surface area contributed by atoms with Crippen LogP contribution in [0.2, 0.25) is 0 Å². The zero-order valence-corrected chi connectivity index (χ0v) is 16.4. The Hall–Kier alpha value is -4.33. The van der Waals surface area contributed by atoms with E-state index in [9.17, 15) is 9.59 Å². The molecule has 0 bridgehead atoms. The van der Waals surface area contributed by atoms with Crippen molar-refractivity contribution in [2.24, 2.45) is 0 Å². The number of furan rings is 1. The van der Waals surface area contributed by atoms with E-state index in [1.165, 1.54) is 6.07 Å². The first kappa shape index (κ1) is 20.0. The van der Waals surface area contributed by atoms with Crippen LogP contribution in [0, 0.1) is 0 Å². The van der Waals surface area contributed by atoms with E-state index in [-0.39, 0.29) is 5.76 Å². The molecular weight excluding hydrogens is 398 g/mol. The van der Waals surface area contributed by atoms with Crippen LogP contribution in [0.4, 0.5) is 5.69 Å². The van der Waals surface area contributed by atoms with Crippen LogP contribution in [0.5, 0.6) is 11.5 Å². The fourth-order valence-electron chi connectivity index (χ4n) is 2.79.